The predicted octanol–water partition coefficient (Wildman–Crippen LogP) is 16.8. The zero-order valence-corrected chi connectivity index (χ0v) is 38.7. The Morgan fingerprint density at radius 1 is 0.357 bits per heavy atom. The highest BCUT2D eigenvalue weighted by molar-refractivity contribution is 5.76. The summed E-state index contributed by atoms with van der Waals surface area (Å²) < 4.78 is 0. The summed E-state index contributed by atoms with van der Waals surface area (Å²) in [6.07, 6.45) is 60.9. The lowest BCUT2D eigenvalue weighted by Gasteiger charge is -2.22. The second-order valence-electron chi connectivity index (χ2n) is 18.3. The van der Waals surface area contributed by atoms with Crippen LogP contribution in [0, 0.1) is 0 Å². The molecule has 0 aromatic carbocycles. The van der Waals surface area contributed by atoms with E-state index in [4.69, 9.17) is 0 Å². The maximum Gasteiger partial charge on any atom is 0.220 e. The van der Waals surface area contributed by atoms with E-state index in [1.165, 1.54) is 257 Å². The molecule has 0 aliphatic rings. The molecule has 3 N–H and O–H groups in total. The normalized spacial score (nSPS) is 12.7. The third kappa shape index (κ3) is 44.5. The van der Waals surface area contributed by atoms with Gasteiger partial charge < -0.3 is 15.5 Å². The summed E-state index contributed by atoms with van der Waals surface area (Å²) in [4.78, 5) is 12.4. The van der Waals surface area contributed by atoms with Gasteiger partial charge in [0, 0.05) is 6.42 Å². The molecular formula is C52H105NO3. The SMILES string of the molecule is CCCCCCCCCCCCCCCCCCCCCCCCCCCCCCCCCC(O)C(CO)NC(=O)CCCCCCCCCCCCCCC. The smallest absolute Gasteiger partial charge is 0.220 e. The molecule has 0 bridgehead atoms. The monoisotopic (exact) mass is 792 g/mol. The summed E-state index contributed by atoms with van der Waals surface area (Å²) in [5.41, 5.74) is 0. The van der Waals surface area contributed by atoms with Crippen molar-refractivity contribution in [1.82, 2.24) is 5.32 Å². The average Bonchev–Trinajstić information content (AvgIpc) is 3.20. The molecule has 0 aliphatic carbocycles. The molecule has 336 valence electrons. The van der Waals surface area contributed by atoms with Crippen LogP contribution in [0.2, 0.25) is 0 Å². The number of nitrogens with one attached hydrogen (secondary N) is 1. The molecule has 2 atom stereocenters. The molecular weight excluding hydrogens is 687 g/mol. The molecule has 4 heteroatoms. The maximum absolute atomic E-state index is 12.4. The van der Waals surface area contributed by atoms with E-state index in [-0.39, 0.29) is 12.5 Å². The van der Waals surface area contributed by atoms with Gasteiger partial charge in [0.05, 0.1) is 18.8 Å². The maximum atomic E-state index is 12.4. The summed E-state index contributed by atoms with van der Waals surface area (Å²) in [5.74, 6) is -0.0259. The van der Waals surface area contributed by atoms with Crippen molar-refractivity contribution in [3.05, 3.63) is 0 Å². The van der Waals surface area contributed by atoms with Crippen molar-refractivity contribution in [3.8, 4) is 0 Å². The topological polar surface area (TPSA) is 69.6 Å². The summed E-state index contributed by atoms with van der Waals surface area (Å²) in [6.45, 7) is 4.39. The average molecular weight is 792 g/mol. The highest BCUT2D eigenvalue weighted by Gasteiger charge is 2.20. The Labute approximate surface area is 353 Å². The Morgan fingerprint density at radius 2 is 0.571 bits per heavy atom. The van der Waals surface area contributed by atoms with Crippen molar-refractivity contribution in [2.45, 2.75) is 321 Å². The Bertz CT molecular complexity index is 729. The second kappa shape index (κ2) is 48.8. The predicted molar refractivity (Wildman–Crippen MR) is 249 cm³/mol. The Balaban J connectivity index is 3.36. The van der Waals surface area contributed by atoms with Crippen LogP contribution in [-0.2, 0) is 4.79 Å². The van der Waals surface area contributed by atoms with E-state index in [0.717, 1.165) is 25.7 Å². The molecule has 2 unspecified atom stereocenters. The van der Waals surface area contributed by atoms with Crippen LogP contribution in [0.3, 0.4) is 0 Å². The van der Waals surface area contributed by atoms with Crippen LogP contribution in [0.15, 0.2) is 0 Å². The van der Waals surface area contributed by atoms with Gasteiger partial charge in [0.1, 0.15) is 0 Å². The minimum Gasteiger partial charge on any atom is -0.394 e. The summed E-state index contributed by atoms with van der Waals surface area (Å²) >= 11 is 0. The van der Waals surface area contributed by atoms with Gasteiger partial charge in [-0.15, -0.1) is 0 Å². The molecule has 0 aromatic heterocycles. The van der Waals surface area contributed by atoms with Gasteiger partial charge in [0.2, 0.25) is 5.91 Å². The van der Waals surface area contributed by atoms with Gasteiger partial charge in [0.15, 0.2) is 0 Å². The standard InChI is InChI=1S/C52H105NO3/c1-3-5-7-9-11-13-15-17-18-19-20-21-22-23-24-25-26-27-28-29-30-31-32-33-34-36-37-39-41-43-45-47-51(55)50(49-54)53-52(56)48-46-44-42-40-38-35-16-14-12-10-8-6-4-2/h50-51,54-55H,3-49H2,1-2H3,(H,53,56). The fraction of sp³-hybridized carbons (Fsp3) is 0.981. The van der Waals surface area contributed by atoms with Crippen LogP contribution in [0.25, 0.3) is 0 Å². The largest absolute Gasteiger partial charge is 0.394 e. The fourth-order valence-corrected chi connectivity index (χ4v) is 8.60. The molecule has 0 rings (SSSR count). The number of amides is 1. The number of aliphatic hydroxyl groups is 2. The molecule has 0 spiro atoms. The van der Waals surface area contributed by atoms with Gasteiger partial charge in [-0.25, -0.2) is 0 Å². The number of aliphatic hydroxyl groups excluding tert-OH is 2. The number of carbonyl (C=O) groups excluding carboxylic acids is 1. The molecule has 0 aromatic rings. The number of hydrogen-bond acceptors (Lipinski definition) is 3. The second-order valence-corrected chi connectivity index (χ2v) is 18.3. The van der Waals surface area contributed by atoms with E-state index in [1.54, 1.807) is 0 Å². The lowest BCUT2D eigenvalue weighted by atomic mass is 10.0. The first-order valence-corrected chi connectivity index (χ1v) is 26.2. The molecule has 0 fully saturated rings. The van der Waals surface area contributed by atoms with Crippen molar-refractivity contribution in [3.63, 3.8) is 0 Å². The minimum absolute atomic E-state index is 0.0259. The molecule has 0 aliphatic heterocycles. The third-order valence-corrected chi connectivity index (χ3v) is 12.6. The minimum atomic E-state index is -0.653. The van der Waals surface area contributed by atoms with Crippen LogP contribution in [0.1, 0.15) is 309 Å². The molecule has 0 saturated heterocycles. The summed E-state index contributed by atoms with van der Waals surface area (Å²) in [7, 11) is 0. The van der Waals surface area contributed by atoms with Gasteiger partial charge in [-0.2, -0.15) is 0 Å². The van der Waals surface area contributed by atoms with Gasteiger partial charge in [0.25, 0.3) is 0 Å². The molecule has 4 nitrogen and oxygen atoms in total. The van der Waals surface area contributed by atoms with E-state index < -0.39 is 12.1 Å². The zero-order valence-electron chi connectivity index (χ0n) is 38.7. The van der Waals surface area contributed by atoms with E-state index in [1.807, 2.05) is 0 Å². The molecule has 56 heavy (non-hydrogen) atoms. The lowest BCUT2D eigenvalue weighted by molar-refractivity contribution is -0.123. The highest BCUT2D eigenvalue weighted by atomic mass is 16.3. The molecule has 0 radical (unpaired) electrons. The van der Waals surface area contributed by atoms with Crippen molar-refractivity contribution in [2.24, 2.45) is 0 Å². The van der Waals surface area contributed by atoms with Gasteiger partial charge in [-0.05, 0) is 12.8 Å². The van der Waals surface area contributed by atoms with E-state index in [2.05, 4.69) is 19.2 Å². The van der Waals surface area contributed by atoms with E-state index in [0.29, 0.717) is 12.8 Å². The number of hydrogen-bond donors (Lipinski definition) is 3. The van der Waals surface area contributed by atoms with Crippen molar-refractivity contribution < 1.29 is 15.0 Å². The first-order chi connectivity index (χ1) is 27.7. The summed E-state index contributed by atoms with van der Waals surface area (Å²) in [6, 6.07) is -0.530. The quantitative estimate of drug-likeness (QED) is 0.0538. The van der Waals surface area contributed by atoms with Crippen LogP contribution in [-0.4, -0.2) is 34.9 Å². The van der Waals surface area contributed by atoms with Crippen LogP contribution >= 0.6 is 0 Å². The Morgan fingerprint density at radius 3 is 0.804 bits per heavy atom. The van der Waals surface area contributed by atoms with Crippen molar-refractivity contribution in [2.75, 3.05) is 6.61 Å². The summed E-state index contributed by atoms with van der Waals surface area (Å²) in [5, 5.41) is 23.2. The van der Waals surface area contributed by atoms with Gasteiger partial charge in [-0.1, -0.05) is 290 Å². The fourth-order valence-electron chi connectivity index (χ4n) is 8.60. The van der Waals surface area contributed by atoms with Gasteiger partial charge in [-0.3, -0.25) is 4.79 Å². The first kappa shape index (κ1) is 55.4. The Kier molecular flexibility index (Phi) is 48.2. The van der Waals surface area contributed by atoms with Crippen molar-refractivity contribution >= 4 is 5.91 Å². The third-order valence-electron chi connectivity index (χ3n) is 12.6. The highest BCUT2D eigenvalue weighted by Crippen LogP contribution is 2.18. The number of carbonyl (C=O) groups is 1. The molecule has 0 heterocycles. The molecule has 0 saturated carbocycles. The number of rotatable bonds is 49. The lowest BCUT2D eigenvalue weighted by Crippen LogP contribution is -2.45. The van der Waals surface area contributed by atoms with Crippen molar-refractivity contribution in [1.29, 1.82) is 0 Å². The van der Waals surface area contributed by atoms with Crippen LogP contribution in [0.4, 0.5) is 0 Å². The van der Waals surface area contributed by atoms with Crippen LogP contribution in [0.5, 0.6) is 0 Å². The zero-order chi connectivity index (χ0) is 40.7. The van der Waals surface area contributed by atoms with E-state index in [9.17, 15) is 15.0 Å². The first-order valence-electron chi connectivity index (χ1n) is 26.2. The van der Waals surface area contributed by atoms with Gasteiger partial charge >= 0.3 is 0 Å². The van der Waals surface area contributed by atoms with E-state index >= 15 is 0 Å². The Hall–Kier alpha value is -0.610. The van der Waals surface area contributed by atoms with Crippen LogP contribution < -0.4 is 5.32 Å². The number of unbranched alkanes of at least 4 members (excludes halogenated alkanes) is 42. The molecule has 1 amide bonds.